The zero-order chi connectivity index (χ0) is 25.6. The van der Waals surface area contributed by atoms with E-state index in [0.29, 0.717) is 22.7 Å². The molecule has 3 atom stereocenters. The number of rotatable bonds is 2. The third kappa shape index (κ3) is 4.32. The van der Waals surface area contributed by atoms with E-state index >= 15 is 0 Å². The number of Topliss-reactive ketones (excluding diaryl/α,β-unsaturated/α-hetero) is 1. The number of ketones is 1. The summed E-state index contributed by atoms with van der Waals surface area (Å²) in [7, 11) is 0. The highest BCUT2D eigenvalue weighted by Crippen LogP contribution is 2.48. The van der Waals surface area contributed by atoms with Gasteiger partial charge in [0.25, 0.3) is 0 Å². The SMILES string of the molecule is Cc1ccc([C@H]2[C@@H]3C(=O)C[C@@H](c4ccccc4Cl)CC3=Nc3ccccc3N2C(=O)C(F)(F)F)cc1. The van der Waals surface area contributed by atoms with E-state index in [4.69, 9.17) is 16.6 Å². The van der Waals surface area contributed by atoms with Crippen molar-refractivity contribution < 1.29 is 22.8 Å². The van der Waals surface area contributed by atoms with E-state index in [9.17, 15) is 22.8 Å². The summed E-state index contributed by atoms with van der Waals surface area (Å²) in [4.78, 5) is 32.1. The van der Waals surface area contributed by atoms with E-state index < -0.39 is 24.0 Å². The lowest BCUT2D eigenvalue weighted by Crippen LogP contribution is -2.49. The molecule has 3 aromatic rings. The predicted octanol–water partition coefficient (Wildman–Crippen LogP) is 7.13. The van der Waals surface area contributed by atoms with Crippen molar-refractivity contribution in [2.75, 3.05) is 4.90 Å². The molecular weight excluding hydrogens is 489 g/mol. The largest absolute Gasteiger partial charge is 0.471 e. The molecule has 0 spiro atoms. The number of para-hydroxylation sites is 2. The van der Waals surface area contributed by atoms with Gasteiger partial charge in [-0.3, -0.25) is 19.5 Å². The molecule has 0 bridgehead atoms. The van der Waals surface area contributed by atoms with Gasteiger partial charge in [-0.05, 0) is 48.6 Å². The molecule has 0 radical (unpaired) electrons. The van der Waals surface area contributed by atoms with E-state index in [-0.39, 0.29) is 29.5 Å². The van der Waals surface area contributed by atoms with Gasteiger partial charge in [-0.2, -0.15) is 13.2 Å². The average molecular weight is 511 g/mol. The minimum atomic E-state index is -5.14. The summed E-state index contributed by atoms with van der Waals surface area (Å²) in [6.07, 6.45) is -4.72. The second-order valence-electron chi connectivity index (χ2n) is 9.19. The van der Waals surface area contributed by atoms with Gasteiger partial charge >= 0.3 is 12.1 Å². The third-order valence-electron chi connectivity index (χ3n) is 6.83. The molecule has 36 heavy (non-hydrogen) atoms. The van der Waals surface area contributed by atoms with Gasteiger partial charge in [-0.25, -0.2) is 0 Å². The Morgan fingerprint density at radius 1 is 0.972 bits per heavy atom. The van der Waals surface area contributed by atoms with Crippen molar-refractivity contribution in [2.24, 2.45) is 10.9 Å². The highest BCUT2D eigenvalue weighted by Gasteiger charge is 2.52. The van der Waals surface area contributed by atoms with Crippen LogP contribution in [0, 0.1) is 12.8 Å². The summed E-state index contributed by atoms with van der Waals surface area (Å²) in [5, 5.41) is 0.521. The Balaban J connectivity index is 1.71. The minimum Gasteiger partial charge on any atom is -0.299 e. The molecule has 2 aliphatic rings. The fourth-order valence-electron chi connectivity index (χ4n) is 5.20. The first-order chi connectivity index (χ1) is 17.1. The van der Waals surface area contributed by atoms with Crippen molar-refractivity contribution in [3.63, 3.8) is 0 Å². The van der Waals surface area contributed by atoms with E-state index in [2.05, 4.69) is 0 Å². The summed E-state index contributed by atoms with van der Waals surface area (Å²) in [5.74, 6) is -3.59. The lowest BCUT2D eigenvalue weighted by atomic mass is 9.72. The van der Waals surface area contributed by atoms with Crippen LogP contribution in [0.1, 0.15) is 41.5 Å². The van der Waals surface area contributed by atoms with Gasteiger partial charge in [0.15, 0.2) is 0 Å². The second kappa shape index (κ2) is 9.21. The van der Waals surface area contributed by atoms with Crippen molar-refractivity contribution in [1.82, 2.24) is 0 Å². The number of halogens is 4. The molecule has 0 unspecified atom stereocenters. The third-order valence-corrected chi connectivity index (χ3v) is 7.18. The van der Waals surface area contributed by atoms with E-state index in [1.807, 2.05) is 19.1 Å². The lowest BCUT2D eigenvalue weighted by Gasteiger charge is -2.39. The molecule has 1 heterocycles. The van der Waals surface area contributed by atoms with Gasteiger partial charge in [0, 0.05) is 17.2 Å². The monoisotopic (exact) mass is 510 g/mol. The van der Waals surface area contributed by atoms with Crippen LogP contribution in [0.25, 0.3) is 0 Å². The highest BCUT2D eigenvalue weighted by molar-refractivity contribution is 6.31. The van der Waals surface area contributed by atoms with Crippen molar-refractivity contribution in [3.8, 4) is 0 Å². The highest BCUT2D eigenvalue weighted by atomic mass is 35.5. The van der Waals surface area contributed by atoms with Crippen LogP contribution in [0.3, 0.4) is 0 Å². The number of carbonyl (C=O) groups is 2. The Morgan fingerprint density at radius 2 is 1.64 bits per heavy atom. The number of hydrogen-bond acceptors (Lipinski definition) is 3. The van der Waals surface area contributed by atoms with E-state index in [1.165, 1.54) is 6.07 Å². The number of amides is 1. The fourth-order valence-corrected chi connectivity index (χ4v) is 5.49. The van der Waals surface area contributed by atoms with Gasteiger partial charge in [0.1, 0.15) is 5.78 Å². The number of carbonyl (C=O) groups excluding carboxylic acids is 2. The molecule has 3 aromatic carbocycles. The number of benzene rings is 3. The number of alkyl halides is 3. The predicted molar refractivity (Wildman–Crippen MR) is 133 cm³/mol. The van der Waals surface area contributed by atoms with E-state index in [0.717, 1.165) is 16.0 Å². The molecule has 1 amide bonds. The Labute approximate surface area is 211 Å². The average Bonchev–Trinajstić information content (AvgIpc) is 2.98. The summed E-state index contributed by atoms with van der Waals surface area (Å²) in [6, 6.07) is 19.1. The van der Waals surface area contributed by atoms with Crippen LogP contribution in [-0.2, 0) is 9.59 Å². The number of hydrogen-bond donors (Lipinski definition) is 0. The molecule has 4 nitrogen and oxygen atoms in total. The zero-order valence-corrected chi connectivity index (χ0v) is 20.1. The minimum absolute atomic E-state index is 0.0226. The van der Waals surface area contributed by atoms with Crippen molar-refractivity contribution in [3.05, 3.63) is 94.5 Å². The Hall–Kier alpha value is -3.45. The van der Waals surface area contributed by atoms with Gasteiger partial charge in [-0.1, -0.05) is 71.8 Å². The van der Waals surface area contributed by atoms with Crippen LogP contribution in [0.4, 0.5) is 24.5 Å². The molecular formula is C28H22ClF3N2O2. The van der Waals surface area contributed by atoms with Crippen LogP contribution in [0.15, 0.2) is 77.8 Å². The standard InChI is InChI=1S/C28H22ClF3N2O2/c1-16-10-12-17(13-11-16)26-25-22(14-18(15-24(25)35)19-6-2-3-7-20(19)29)33-21-8-4-5-9-23(21)34(26)27(36)28(30,31)32/h2-13,18,25-26H,14-15H2,1H3/t18-,25-,26-/m0/s1. The number of anilines is 1. The van der Waals surface area contributed by atoms with Gasteiger partial charge in [0.2, 0.25) is 0 Å². The first-order valence-electron chi connectivity index (χ1n) is 11.6. The second-order valence-corrected chi connectivity index (χ2v) is 9.60. The number of fused-ring (bicyclic) bond motifs is 2. The normalized spacial score (nSPS) is 21.8. The topological polar surface area (TPSA) is 49.7 Å². The quantitative estimate of drug-likeness (QED) is 0.368. The molecule has 1 saturated carbocycles. The molecule has 8 heteroatoms. The molecule has 0 aromatic heterocycles. The van der Waals surface area contributed by atoms with Crippen LogP contribution in [0.5, 0.6) is 0 Å². The van der Waals surface area contributed by atoms with Gasteiger partial charge in [0.05, 0.1) is 23.3 Å². The van der Waals surface area contributed by atoms with Gasteiger partial charge < -0.3 is 0 Å². The summed E-state index contributed by atoms with van der Waals surface area (Å²) >= 11 is 6.42. The summed E-state index contributed by atoms with van der Waals surface area (Å²) in [6.45, 7) is 1.86. The first-order valence-corrected chi connectivity index (χ1v) is 11.9. The molecule has 5 rings (SSSR count). The smallest absolute Gasteiger partial charge is 0.299 e. The zero-order valence-electron chi connectivity index (χ0n) is 19.3. The van der Waals surface area contributed by atoms with Crippen LogP contribution >= 0.6 is 11.6 Å². The maximum atomic E-state index is 13.9. The summed E-state index contributed by atoms with van der Waals surface area (Å²) in [5.41, 5.74) is 2.83. The lowest BCUT2D eigenvalue weighted by molar-refractivity contribution is -0.171. The first kappa shape index (κ1) is 24.3. The van der Waals surface area contributed by atoms with Crippen molar-refractivity contribution >= 4 is 40.4 Å². The van der Waals surface area contributed by atoms with Crippen LogP contribution < -0.4 is 4.90 Å². The Morgan fingerprint density at radius 3 is 2.33 bits per heavy atom. The molecule has 0 N–H and O–H groups in total. The molecule has 1 aliphatic heterocycles. The van der Waals surface area contributed by atoms with E-state index in [1.54, 1.807) is 54.6 Å². The number of aryl methyl sites for hydroxylation is 1. The number of nitrogens with zero attached hydrogens (tertiary/aromatic N) is 2. The maximum Gasteiger partial charge on any atom is 0.471 e. The fraction of sp³-hybridized carbons (Fsp3) is 0.250. The van der Waals surface area contributed by atoms with Crippen molar-refractivity contribution in [1.29, 1.82) is 0 Å². The summed E-state index contributed by atoms with van der Waals surface area (Å²) < 4.78 is 41.8. The van der Waals surface area contributed by atoms with Gasteiger partial charge in [-0.15, -0.1) is 0 Å². The Kier molecular flexibility index (Phi) is 6.20. The molecule has 1 fully saturated rings. The van der Waals surface area contributed by atoms with Crippen molar-refractivity contribution in [2.45, 2.75) is 37.9 Å². The Bertz CT molecular complexity index is 1370. The molecule has 0 saturated heterocycles. The molecule has 184 valence electrons. The van der Waals surface area contributed by atoms with Crippen LogP contribution in [-0.4, -0.2) is 23.6 Å². The van der Waals surface area contributed by atoms with Crippen LogP contribution in [0.2, 0.25) is 5.02 Å². The maximum absolute atomic E-state index is 13.9. The number of aliphatic imine (C=N–C) groups is 1. The molecule has 1 aliphatic carbocycles.